The number of hydrogen-bond acceptors (Lipinski definition) is 6. The van der Waals surface area contributed by atoms with E-state index in [2.05, 4.69) is 4.98 Å². The smallest absolute Gasteiger partial charge is 0.341 e. The highest BCUT2D eigenvalue weighted by Crippen LogP contribution is 2.32. The molecule has 4 aromatic carbocycles. The van der Waals surface area contributed by atoms with Gasteiger partial charge in [0.05, 0.1) is 24.4 Å². The summed E-state index contributed by atoms with van der Waals surface area (Å²) in [7, 11) is 0. The zero-order chi connectivity index (χ0) is 29.9. The zero-order valence-corrected chi connectivity index (χ0v) is 23.7. The minimum absolute atomic E-state index is 0.00902. The minimum atomic E-state index is -0.785. The van der Waals surface area contributed by atoms with Gasteiger partial charge in [-0.25, -0.2) is 14.6 Å². The average Bonchev–Trinajstić information content (AvgIpc) is 3.39. The summed E-state index contributed by atoms with van der Waals surface area (Å²) in [6.45, 7) is 3.50. The number of ketones is 1. The third kappa shape index (κ3) is 5.17. The van der Waals surface area contributed by atoms with Crippen LogP contribution in [0.15, 0.2) is 109 Å². The van der Waals surface area contributed by atoms with Gasteiger partial charge in [-0.05, 0) is 47.9 Å². The van der Waals surface area contributed by atoms with Gasteiger partial charge in [-0.15, -0.1) is 0 Å². The van der Waals surface area contributed by atoms with Crippen molar-refractivity contribution in [2.75, 3.05) is 13.2 Å². The van der Waals surface area contributed by atoms with Gasteiger partial charge in [0.1, 0.15) is 23.1 Å². The zero-order valence-electron chi connectivity index (χ0n) is 23.7. The number of rotatable bonds is 8. The predicted molar refractivity (Wildman–Crippen MR) is 165 cm³/mol. The highest BCUT2D eigenvalue weighted by Gasteiger charge is 2.34. The van der Waals surface area contributed by atoms with Gasteiger partial charge < -0.3 is 9.47 Å². The lowest BCUT2D eigenvalue weighted by molar-refractivity contribution is 0.0480. The molecule has 0 fully saturated rings. The summed E-state index contributed by atoms with van der Waals surface area (Å²) in [5, 5.41) is 1.85. The Morgan fingerprint density at radius 1 is 0.651 bits per heavy atom. The highest BCUT2D eigenvalue weighted by atomic mass is 16.5. The lowest BCUT2D eigenvalue weighted by atomic mass is 9.99. The van der Waals surface area contributed by atoms with Crippen LogP contribution in [-0.4, -0.2) is 40.3 Å². The molecule has 0 atom stereocenters. The van der Waals surface area contributed by atoms with Gasteiger partial charge in [-0.3, -0.25) is 9.20 Å². The summed E-state index contributed by atoms with van der Waals surface area (Å²) in [5.74, 6) is -1.95. The van der Waals surface area contributed by atoms with E-state index in [9.17, 15) is 14.4 Å². The molecule has 6 aromatic rings. The second-order valence-electron chi connectivity index (χ2n) is 9.90. The Hall–Kier alpha value is -5.56. The first-order valence-electron chi connectivity index (χ1n) is 14.1. The van der Waals surface area contributed by atoms with Gasteiger partial charge in [0.15, 0.2) is 0 Å². The molecule has 0 spiro atoms. The van der Waals surface area contributed by atoms with Gasteiger partial charge in [-0.2, -0.15) is 0 Å². The van der Waals surface area contributed by atoms with Crippen molar-refractivity contribution < 1.29 is 23.9 Å². The molecule has 0 radical (unpaired) electrons. The van der Waals surface area contributed by atoms with E-state index in [1.165, 1.54) is 10.7 Å². The van der Waals surface area contributed by atoms with E-state index in [0.717, 1.165) is 27.5 Å². The van der Waals surface area contributed by atoms with Gasteiger partial charge in [0, 0.05) is 11.1 Å². The van der Waals surface area contributed by atoms with Crippen LogP contribution in [-0.2, 0) is 9.47 Å². The van der Waals surface area contributed by atoms with Crippen LogP contribution in [0, 0.1) is 0 Å². The van der Waals surface area contributed by atoms with Crippen molar-refractivity contribution in [2.24, 2.45) is 0 Å². The molecule has 0 saturated heterocycles. The Labute approximate surface area is 248 Å². The number of aromatic nitrogens is 2. The van der Waals surface area contributed by atoms with Crippen molar-refractivity contribution >= 4 is 34.0 Å². The van der Waals surface area contributed by atoms with E-state index >= 15 is 0 Å². The third-order valence-electron chi connectivity index (χ3n) is 7.30. The van der Waals surface area contributed by atoms with Crippen LogP contribution >= 0.6 is 0 Å². The maximum Gasteiger partial charge on any atom is 0.341 e. The molecule has 0 amide bonds. The van der Waals surface area contributed by atoms with Crippen LogP contribution in [0.2, 0.25) is 0 Å². The number of carbonyl (C=O) groups excluding carboxylic acids is 3. The van der Waals surface area contributed by atoms with Crippen LogP contribution < -0.4 is 0 Å². The summed E-state index contributed by atoms with van der Waals surface area (Å²) in [4.78, 5) is 45.6. The molecule has 0 bridgehead atoms. The van der Waals surface area contributed by atoms with E-state index in [1.54, 1.807) is 32.0 Å². The molecule has 6 rings (SSSR count). The normalized spacial score (nSPS) is 11.0. The standard InChI is InChI=1S/C36H28N2O5/c1-3-42-35(40)31-30-21-29(26-17-14-25(15-18-26)23-10-6-5-7-11-23)37-22-38(30)33(32(31)36(41)43-4-2)34(39)28-19-16-24-12-8-9-13-27(24)20-28/h5-22H,3-4H2,1-2H3. The Morgan fingerprint density at radius 2 is 1.26 bits per heavy atom. The van der Waals surface area contributed by atoms with Crippen LogP contribution in [0.4, 0.5) is 0 Å². The van der Waals surface area contributed by atoms with E-state index < -0.39 is 17.7 Å². The summed E-state index contributed by atoms with van der Waals surface area (Å²) in [6, 6.07) is 32.6. The molecule has 7 heteroatoms. The fourth-order valence-electron chi connectivity index (χ4n) is 5.28. The maximum atomic E-state index is 14.1. The first kappa shape index (κ1) is 27.6. The Bertz CT molecular complexity index is 1990. The molecule has 212 valence electrons. The monoisotopic (exact) mass is 568 g/mol. The van der Waals surface area contributed by atoms with Gasteiger partial charge in [-0.1, -0.05) is 91.0 Å². The molecule has 0 aliphatic rings. The molecule has 2 aromatic heterocycles. The van der Waals surface area contributed by atoms with Crippen molar-refractivity contribution in [1.29, 1.82) is 0 Å². The topological polar surface area (TPSA) is 87.0 Å². The fourth-order valence-corrected chi connectivity index (χ4v) is 5.28. The molecular weight excluding hydrogens is 540 g/mol. The minimum Gasteiger partial charge on any atom is -0.462 e. The third-order valence-corrected chi connectivity index (χ3v) is 7.30. The quantitative estimate of drug-likeness (QED) is 0.140. The van der Waals surface area contributed by atoms with Crippen LogP contribution in [0.5, 0.6) is 0 Å². The van der Waals surface area contributed by atoms with Crippen LogP contribution in [0.25, 0.3) is 38.7 Å². The van der Waals surface area contributed by atoms with Crippen LogP contribution in [0.1, 0.15) is 50.6 Å². The summed E-state index contributed by atoms with van der Waals surface area (Å²) < 4.78 is 12.2. The Balaban J connectivity index is 1.54. The maximum absolute atomic E-state index is 14.1. The first-order valence-corrected chi connectivity index (χ1v) is 14.1. The van der Waals surface area contributed by atoms with Crippen LogP contribution in [0.3, 0.4) is 0 Å². The SMILES string of the molecule is CCOC(=O)c1c(C(=O)OCC)c2cc(-c3ccc(-c4ccccc4)cc3)ncn2c1C(=O)c1ccc2ccccc2c1. The molecule has 0 saturated carbocycles. The van der Waals surface area contributed by atoms with E-state index in [-0.39, 0.29) is 30.0 Å². The molecular formula is C36H28N2O5. The lowest BCUT2D eigenvalue weighted by Gasteiger charge is -2.08. The number of nitrogens with zero attached hydrogens (tertiary/aromatic N) is 2. The highest BCUT2D eigenvalue weighted by molar-refractivity contribution is 6.20. The summed E-state index contributed by atoms with van der Waals surface area (Å²) >= 11 is 0. The fraction of sp³-hybridized carbons (Fsp3) is 0.111. The number of hydrogen-bond donors (Lipinski definition) is 0. The second kappa shape index (κ2) is 11.7. The Kier molecular flexibility index (Phi) is 7.54. The molecule has 0 N–H and O–H groups in total. The summed E-state index contributed by atoms with van der Waals surface area (Å²) in [5.41, 5.74) is 4.00. The molecule has 0 unspecified atom stereocenters. The predicted octanol–water partition coefficient (Wildman–Crippen LogP) is 7.41. The number of carbonyl (C=O) groups is 3. The summed E-state index contributed by atoms with van der Waals surface area (Å²) in [6.07, 6.45) is 1.47. The second-order valence-corrected chi connectivity index (χ2v) is 9.90. The van der Waals surface area contributed by atoms with Crippen molar-refractivity contribution in [2.45, 2.75) is 13.8 Å². The largest absolute Gasteiger partial charge is 0.462 e. The van der Waals surface area contributed by atoms with Gasteiger partial charge in [0.2, 0.25) is 5.78 Å². The first-order chi connectivity index (χ1) is 21.0. The van der Waals surface area contributed by atoms with E-state index in [0.29, 0.717) is 16.8 Å². The van der Waals surface area contributed by atoms with Crippen molar-refractivity contribution in [3.05, 3.63) is 132 Å². The molecule has 2 heterocycles. The van der Waals surface area contributed by atoms with Crippen molar-refractivity contribution in [1.82, 2.24) is 9.38 Å². The molecule has 43 heavy (non-hydrogen) atoms. The number of ether oxygens (including phenoxy) is 2. The van der Waals surface area contributed by atoms with Gasteiger partial charge in [0.25, 0.3) is 0 Å². The lowest BCUT2D eigenvalue weighted by Crippen LogP contribution is -2.16. The number of esters is 2. The molecule has 0 aliphatic carbocycles. The average molecular weight is 569 g/mol. The van der Waals surface area contributed by atoms with E-state index in [4.69, 9.17) is 9.47 Å². The molecule has 7 nitrogen and oxygen atoms in total. The Morgan fingerprint density at radius 3 is 1.95 bits per heavy atom. The van der Waals surface area contributed by atoms with Crippen molar-refractivity contribution in [3.8, 4) is 22.4 Å². The number of fused-ring (bicyclic) bond motifs is 2. The van der Waals surface area contributed by atoms with Crippen molar-refractivity contribution in [3.63, 3.8) is 0 Å². The van der Waals surface area contributed by atoms with E-state index in [1.807, 2.05) is 84.9 Å². The van der Waals surface area contributed by atoms with Gasteiger partial charge >= 0.3 is 11.9 Å². The number of benzene rings is 4. The molecule has 0 aliphatic heterocycles.